The molecule has 0 aliphatic carbocycles. The van der Waals surface area contributed by atoms with Crippen LogP contribution in [0.25, 0.3) is 33.2 Å². The molecule has 5 nitrogen and oxygen atoms in total. The van der Waals surface area contributed by atoms with Crippen LogP contribution < -0.4 is 5.14 Å². The van der Waals surface area contributed by atoms with Crippen molar-refractivity contribution in [1.82, 2.24) is 9.97 Å². The van der Waals surface area contributed by atoms with Gasteiger partial charge >= 0.3 is 6.18 Å². The number of nitrogens with zero attached hydrogens (tertiary/aromatic N) is 2. The SMILES string of the molecule is NS(=O)(=O)c1cccc(-c2ccc3nccc(-c4ccnc(C(F)(F)F)c4)c3c2)c1. The first-order valence-electron chi connectivity index (χ1n) is 8.68. The number of sulfonamides is 1. The first kappa shape index (κ1) is 20.0. The molecule has 2 aromatic carbocycles. The molecule has 0 amide bonds. The molecule has 4 aromatic rings. The first-order chi connectivity index (χ1) is 14.1. The molecule has 0 saturated heterocycles. The monoisotopic (exact) mass is 429 g/mol. The number of hydrogen-bond donors (Lipinski definition) is 1. The molecule has 0 aliphatic heterocycles. The molecule has 0 spiro atoms. The fraction of sp³-hybridized carbons (Fsp3) is 0.0476. The predicted molar refractivity (Wildman–Crippen MR) is 107 cm³/mol. The molecule has 0 radical (unpaired) electrons. The summed E-state index contributed by atoms with van der Waals surface area (Å²) in [6, 6.07) is 15.5. The first-order valence-corrected chi connectivity index (χ1v) is 10.2. The maximum atomic E-state index is 13.1. The zero-order valence-corrected chi connectivity index (χ0v) is 16.1. The lowest BCUT2D eigenvalue weighted by Crippen LogP contribution is -2.11. The van der Waals surface area contributed by atoms with Gasteiger partial charge in [0.2, 0.25) is 10.0 Å². The van der Waals surface area contributed by atoms with Gasteiger partial charge < -0.3 is 0 Å². The van der Waals surface area contributed by atoms with Crippen molar-refractivity contribution in [3.05, 3.63) is 78.8 Å². The van der Waals surface area contributed by atoms with Crippen LogP contribution in [-0.4, -0.2) is 18.4 Å². The highest BCUT2D eigenvalue weighted by Gasteiger charge is 2.32. The Bertz CT molecular complexity index is 1370. The average molecular weight is 429 g/mol. The highest BCUT2D eigenvalue weighted by atomic mass is 32.2. The highest BCUT2D eigenvalue weighted by Crippen LogP contribution is 2.34. The van der Waals surface area contributed by atoms with Crippen molar-refractivity contribution in [1.29, 1.82) is 0 Å². The standard InChI is InChI=1S/C21H14F3N3O2S/c22-21(23,24)20-12-15(6-8-27-20)17-7-9-26-19-5-4-14(11-18(17)19)13-2-1-3-16(10-13)30(25,28)29/h1-12H,(H2,25,28,29). The third-order valence-electron chi connectivity index (χ3n) is 4.60. The largest absolute Gasteiger partial charge is 0.433 e. The number of nitrogens with two attached hydrogens (primary N) is 1. The Morgan fingerprint density at radius 1 is 0.800 bits per heavy atom. The van der Waals surface area contributed by atoms with Gasteiger partial charge in [0.1, 0.15) is 5.69 Å². The van der Waals surface area contributed by atoms with Gasteiger partial charge in [0, 0.05) is 17.8 Å². The van der Waals surface area contributed by atoms with E-state index in [1.165, 1.54) is 24.4 Å². The van der Waals surface area contributed by atoms with Crippen molar-refractivity contribution in [2.24, 2.45) is 5.14 Å². The molecule has 9 heteroatoms. The molecular weight excluding hydrogens is 415 g/mol. The Kier molecular flexibility index (Phi) is 4.79. The van der Waals surface area contributed by atoms with Crippen LogP contribution in [0, 0.1) is 0 Å². The maximum absolute atomic E-state index is 13.1. The molecule has 2 N–H and O–H groups in total. The van der Waals surface area contributed by atoms with E-state index in [4.69, 9.17) is 5.14 Å². The number of primary sulfonamides is 1. The van der Waals surface area contributed by atoms with Gasteiger partial charge in [-0.3, -0.25) is 9.97 Å². The molecule has 4 rings (SSSR count). The molecule has 2 heterocycles. The van der Waals surface area contributed by atoms with E-state index in [0.717, 1.165) is 12.3 Å². The van der Waals surface area contributed by atoms with Crippen LogP contribution in [0.4, 0.5) is 13.2 Å². The summed E-state index contributed by atoms with van der Waals surface area (Å²) in [5, 5.41) is 5.83. The van der Waals surface area contributed by atoms with E-state index in [1.807, 2.05) is 0 Å². The van der Waals surface area contributed by atoms with Crippen molar-refractivity contribution < 1.29 is 21.6 Å². The van der Waals surface area contributed by atoms with Crippen molar-refractivity contribution in [3.8, 4) is 22.3 Å². The van der Waals surface area contributed by atoms with Crippen molar-refractivity contribution in [2.45, 2.75) is 11.1 Å². The second-order valence-electron chi connectivity index (χ2n) is 6.59. The number of fused-ring (bicyclic) bond motifs is 1. The fourth-order valence-electron chi connectivity index (χ4n) is 3.18. The molecule has 0 fully saturated rings. The molecule has 0 bridgehead atoms. The Hall–Kier alpha value is -3.30. The van der Waals surface area contributed by atoms with Crippen LogP contribution in [-0.2, 0) is 16.2 Å². The summed E-state index contributed by atoms with van der Waals surface area (Å²) in [6.45, 7) is 0. The van der Waals surface area contributed by atoms with Gasteiger partial charge in [0.25, 0.3) is 0 Å². The lowest BCUT2D eigenvalue weighted by atomic mass is 9.97. The summed E-state index contributed by atoms with van der Waals surface area (Å²) in [6.07, 6.45) is -1.92. The minimum Gasteiger partial charge on any atom is -0.256 e. The van der Waals surface area contributed by atoms with Gasteiger partial charge in [-0.15, -0.1) is 0 Å². The Balaban J connectivity index is 1.89. The maximum Gasteiger partial charge on any atom is 0.433 e. The van der Waals surface area contributed by atoms with Gasteiger partial charge in [-0.25, -0.2) is 13.6 Å². The number of halogens is 3. The van der Waals surface area contributed by atoms with Crippen LogP contribution in [0.5, 0.6) is 0 Å². The third-order valence-corrected chi connectivity index (χ3v) is 5.51. The van der Waals surface area contributed by atoms with E-state index < -0.39 is 21.9 Å². The molecular formula is C21H14F3N3O2S. The molecule has 0 atom stereocenters. The number of aromatic nitrogens is 2. The van der Waals surface area contributed by atoms with Crippen LogP contribution in [0.2, 0.25) is 0 Å². The Labute approximate surface area is 170 Å². The molecule has 152 valence electrons. The number of hydrogen-bond acceptors (Lipinski definition) is 4. The van der Waals surface area contributed by atoms with Gasteiger partial charge in [-0.2, -0.15) is 13.2 Å². The second-order valence-corrected chi connectivity index (χ2v) is 8.15. The van der Waals surface area contributed by atoms with Gasteiger partial charge in [-0.05, 0) is 64.7 Å². The highest BCUT2D eigenvalue weighted by molar-refractivity contribution is 7.89. The normalized spacial score (nSPS) is 12.3. The smallest absolute Gasteiger partial charge is 0.256 e. The lowest BCUT2D eigenvalue weighted by Gasteiger charge is -2.11. The summed E-state index contributed by atoms with van der Waals surface area (Å²) in [7, 11) is -3.87. The predicted octanol–water partition coefficient (Wildman–Crippen LogP) is 4.63. The van der Waals surface area contributed by atoms with Gasteiger partial charge in [0.15, 0.2) is 0 Å². The average Bonchev–Trinajstić information content (AvgIpc) is 2.72. The quantitative estimate of drug-likeness (QED) is 0.515. The van der Waals surface area contributed by atoms with E-state index in [2.05, 4.69) is 9.97 Å². The second kappa shape index (κ2) is 7.19. The van der Waals surface area contributed by atoms with Crippen molar-refractivity contribution in [2.75, 3.05) is 0 Å². The van der Waals surface area contributed by atoms with Crippen molar-refractivity contribution in [3.63, 3.8) is 0 Å². The zero-order valence-electron chi connectivity index (χ0n) is 15.3. The van der Waals surface area contributed by atoms with Crippen LogP contribution in [0.15, 0.2) is 78.0 Å². The van der Waals surface area contributed by atoms with Crippen LogP contribution >= 0.6 is 0 Å². The molecule has 0 aliphatic rings. The van der Waals surface area contributed by atoms with Crippen molar-refractivity contribution >= 4 is 20.9 Å². The lowest BCUT2D eigenvalue weighted by molar-refractivity contribution is -0.141. The van der Waals surface area contributed by atoms with E-state index >= 15 is 0 Å². The van der Waals surface area contributed by atoms with E-state index in [1.54, 1.807) is 36.4 Å². The molecule has 0 saturated carbocycles. The van der Waals surface area contributed by atoms with E-state index in [-0.39, 0.29) is 4.90 Å². The number of rotatable bonds is 3. The minimum atomic E-state index is -4.56. The summed E-state index contributed by atoms with van der Waals surface area (Å²) in [5.74, 6) is 0. The summed E-state index contributed by atoms with van der Waals surface area (Å²) in [5.41, 5.74) is 1.78. The van der Waals surface area contributed by atoms with Gasteiger partial charge in [-0.1, -0.05) is 18.2 Å². The minimum absolute atomic E-state index is 0.0320. The number of alkyl halides is 3. The molecule has 0 unspecified atom stereocenters. The van der Waals surface area contributed by atoms with Gasteiger partial charge in [0.05, 0.1) is 10.4 Å². The summed E-state index contributed by atoms with van der Waals surface area (Å²) in [4.78, 5) is 7.65. The van der Waals surface area contributed by atoms with E-state index in [0.29, 0.717) is 33.2 Å². The Morgan fingerprint density at radius 3 is 2.27 bits per heavy atom. The number of pyridine rings is 2. The number of benzene rings is 2. The van der Waals surface area contributed by atoms with Crippen LogP contribution in [0.3, 0.4) is 0 Å². The molecule has 30 heavy (non-hydrogen) atoms. The van der Waals surface area contributed by atoms with E-state index in [9.17, 15) is 21.6 Å². The summed E-state index contributed by atoms with van der Waals surface area (Å²) < 4.78 is 62.6. The summed E-state index contributed by atoms with van der Waals surface area (Å²) >= 11 is 0. The van der Waals surface area contributed by atoms with Crippen LogP contribution in [0.1, 0.15) is 5.69 Å². The topological polar surface area (TPSA) is 85.9 Å². The Morgan fingerprint density at radius 2 is 1.53 bits per heavy atom. The molecule has 2 aromatic heterocycles. The zero-order chi connectivity index (χ0) is 21.5. The third kappa shape index (κ3) is 3.89. The fourth-order valence-corrected chi connectivity index (χ4v) is 3.74.